The van der Waals surface area contributed by atoms with Crippen LogP contribution in [0.5, 0.6) is 0 Å². The normalized spacial score (nSPS) is 19.6. The second-order valence-electron chi connectivity index (χ2n) is 12.8. The van der Waals surface area contributed by atoms with E-state index in [-0.39, 0.29) is 18.5 Å². The van der Waals surface area contributed by atoms with Crippen LogP contribution < -0.4 is 15.1 Å². The summed E-state index contributed by atoms with van der Waals surface area (Å²) in [6.45, 7) is 2.51. The Morgan fingerprint density at radius 3 is 2.58 bits per heavy atom. The van der Waals surface area contributed by atoms with Crippen LogP contribution in [0.3, 0.4) is 0 Å². The number of rotatable bonds is 8. The van der Waals surface area contributed by atoms with E-state index in [4.69, 9.17) is 9.97 Å². The van der Waals surface area contributed by atoms with Gasteiger partial charge in [-0.3, -0.25) is 19.6 Å². The van der Waals surface area contributed by atoms with Crippen molar-refractivity contribution in [2.75, 3.05) is 42.8 Å². The number of carbonyl (C=O) groups excluding carboxylic acids is 2. The van der Waals surface area contributed by atoms with E-state index in [2.05, 4.69) is 50.6 Å². The minimum absolute atomic E-state index is 0.0264. The van der Waals surface area contributed by atoms with Crippen LogP contribution in [0.25, 0.3) is 16.6 Å². The Labute approximate surface area is 260 Å². The van der Waals surface area contributed by atoms with Crippen molar-refractivity contribution in [1.82, 2.24) is 29.2 Å². The molecule has 3 fully saturated rings. The first-order chi connectivity index (χ1) is 21.7. The molecule has 11 nitrogen and oxygen atoms in total. The Hall–Kier alpha value is -5.06. The number of aryl methyl sites for hydroxylation is 1. The van der Waals surface area contributed by atoms with Gasteiger partial charge in [0.15, 0.2) is 5.65 Å². The summed E-state index contributed by atoms with van der Waals surface area (Å²) in [6, 6.07) is 12.2. The number of fused-ring (bicyclic) bond motifs is 2. The molecule has 8 rings (SSSR count). The van der Waals surface area contributed by atoms with Crippen molar-refractivity contribution >= 4 is 45.6 Å². The summed E-state index contributed by atoms with van der Waals surface area (Å²) in [5.41, 5.74) is 8.37. The fourth-order valence-corrected chi connectivity index (χ4v) is 6.42. The van der Waals surface area contributed by atoms with Gasteiger partial charge in [0.05, 0.1) is 23.4 Å². The number of imide groups is 1. The number of benzene rings is 1. The molecule has 1 aliphatic heterocycles. The largest absolute Gasteiger partial charge is 0.379 e. The number of hydrogen-bond acceptors (Lipinski definition) is 8. The van der Waals surface area contributed by atoms with E-state index in [0.29, 0.717) is 35.6 Å². The highest BCUT2D eigenvalue weighted by Crippen LogP contribution is 2.53. The van der Waals surface area contributed by atoms with Crippen LogP contribution in [0.1, 0.15) is 65.5 Å². The number of aromatic nitrogens is 5. The summed E-state index contributed by atoms with van der Waals surface area (Å²) in [5, 5.41) is 4.67. The maximum absolute atomic E-state index is 12.9. The van der Waals surface area contributed by atoms with E-state index >= 15 is 0 Å². The first-order valence-electron chi connectivity index (χ1n) is 15.5. The van der Waals surface area contributed by atoms with Crippen LogP contribution in [0.4, 0.5) is 21.9 Å². The van der Waals surface area contributed by atoms with Gasteiger partial charge in [-0.25, -0.2) is 19.7 Å². The summed E-state index contributed by atoms with van der Waals surface area (Å²) < 4.78 is 2.00. The molecule has 5 aromatic rings. The molecule has 2 saturated carbocycles. The standard InChI is InChI=1S/C34H35N9O2/c1-19-9-10-35-32(37-19)26-14-25(26)27-8-7-24-28(39-27)12-22(13-29(24)40(2)3)36-15-23-17-42-16-21(20-5-6-20)11-30(33(42)38-23)43-18-31(44)41(4)34(43)45/h7-13,16-17,20,25-26,36H,5-6,14-15,18H2,1-4H3/t25?,26-/m0/s1. The molecule has 4 aromatic heterocycles. The van der Waals surface area contributed by atoms with Gasteiger partial charge >= 0.3 is 6.03 Å². The van der Waals surface area contributed by atoms with Crippen molar-refractivity contribution < 1.29 is 9.59 Å². The number of hydrogen-bond donors (Lipinski definition) is 1. The van der Waals surface area contributed by atoms with E-state index in [0.717, 1.165) is 64.4 Å². The Morgan fingerprint density at radius 1 is 1.00 bits per heavy atom. The quantitative estimate of drug-likeness (QED) is 0.242. The minimum atomic E-state index is -0.319. The van der Waals surface area contributed by atoms with Gasteiger partial charge in [-0.15, -0.1) is 0 Å². The molecule has 1 unspecified atom stereocenters. The van der Waals surface area contributed by atoms with Crippen LogP contribution >= 0.6 is 0 Å². The first-order valence-corrected chi connectivity index (χ1v) is 15.5. The van der Waals surface area contributed by atoms with Gasteiger partial charge in [-0.05, 0) is 74.1 Å². The highest BCUT2D eigenvalue weighted by molar-refractivity contribution is 6.13. The second kappa shape index (κ2) is 10.3. The molecule has 0 radical (unpaired) electrons. The van der Waals surface area contributed by atoms with Crippen molar-refractivity contribution in [2.24, 2.45) is 0 Å². The summed E-state index contributed by atoms with van der Waals surface area (Å²) in [7, 11) is 5.61. The van der Waals surface area contributed by atoms with Crippen LogP contribution in [0, 0.1) is 6.92 Å². The zero-order valence-electron chi connectivity index (χ0n) is 25.9. The predicted molar refractivity (Wildman–Crippen MR) is 173 cm³/mol. The molecule has 3 amide bonds. The summed E-state index contributed by atoms with van der Waals surface area (Å²) in [5.74, 6) is 1.80. The minimum Gasteiger partial charge on any atom is -0.379 e. The topological polar surface area (TPSA) is 112 Å². The van der Waals surface area contributed by atoms with E-state index in [1.54, 1.807) is 4.90 Å². The average Bonchev–Trinajstić information content (AvgIpc) is 3.96. The molecule has 0 bridgehead atoms. The third kappa shape index (κ3) is 4.92. The first kappa shape index (κ1) is 27.5. The SMILES string of the molecule is Cc1ccnc([C@H]2CC2c2ccc3c(N(C)C)cc(NCc4cn5cc(C6CC6)cc(N6CC(=O)N(C)C6=O)c5n4)cc3n2)n1. The zero-order chi connectivity index (χ0) is 31.0. The van der Waals surface area contributed by atoms with Crippen LogP contribution in [-0.2, 0) is 11.3 Å². The van der Waals surface area contributed by atoms with Crippen LogP contribution in [-0.4, -0.2) is 68.9 Å². The van der Waals surface area contributed by atoms with Gasteiger partial charge in [0, 0.05) is 79.7 Å². The van der Waals surface area contributed by atoms with Crippen molar-refractivity contribution in [3.05, 3.63) is 83.5 Å². The third-order valence-electron chi connectivity index (χ3n) is 9.21. The maximum atomic E-state index is 12.9. The number of carbonyl (C=O) groups is 2. The molecule has 1 aromatic carbocycles. The maximum Gasteiger partial charge on any atom is 0.331 e. The van der Waals surface area contributed by atoms with Gasteiger partial charge in [0.25, 0.3) is 0 Å². The van der Waals surface area contributed by atoms with E-state index < -0.39 is 0 Å². The van der Waals surface area contributed by atoms with Gasteiger partial charge < -0.3 is 14.6 Å². The number of nitrogens with one attached hydrogen (secondary N) is 1. The number of likely N-dealkylation sites (N-methyl/N-ethyl adjacent to an activating group) is 1. The number of pyridine rings is 2. The molecule has 5 heterocycles. The molecule has 3 aliphatic rings. The number of amides is 3. The molecular weight excluding hydrogens is 566 g/mol. The average molecular weight is 602 g/mol. The molecular formula is C34H35N9O2. The molecule has 1 N–H and O–H groups in total. The molecule has 1 saturated heterocycles. The zero-order valence-corrected chi connectivity index (χ0v) is 25.9. The number of nitrogens with zero attached hydrogens (tertiary/aromatic N) is 8. The van der Waals surface area contributed by atoms with Crippen molar-refractivity contribution in [3.8, 4) is 0 Å². The number of anilines is 3. The fourth-order valence-electron chi connectivity index (χ4n) is 6.42. The smallest absolute Gasteiger partial charge is 0.331 e. The van der Waals surface area contributed by atoms with E-state index in [1.165, 1.54) is 17.5 Å². The summed E-state index contributed by atoms with van der Waals surface area (Å²) in [4.78, 5) is 49.3. The number of urea groups is 1. The Bertz CT molecular complexity index is 2010. The predicted octanol–water partition coefficient (Wildman–Crippen LogP) is 5.21. The van der Waals surface area contributed by atoms with E-state index in [1.807, 2.05) is 49.9 Å². The lowest BCUT2D eigenvalue weighted by Crippen LogP contribution is -2.30. The Morgan fingerprint density at radius 2 is 1.84 bits per heavy atom. The molecule has 2 atom stereocenters. The molecule has 11 heteroatoms. The van der Waals surface area contributed by atoms with Gasteiger partial charge in [0.2, 0.25) is 5.91 Å². The lowest BCUT2D eigenvalue weighted by Gasteiger charge is -2.18. The van der Waals surface area contributed by atoms with Gasteiger partial charge in [-0.1, -0.05) is 0 Å². The highest BCUT2D eigenvalue weighted by atomic mass is 16.2. The Kier molecular flexibility index (Phi) is 6.26. The molecule has 228 valence electrons. The van der Waals surface area contributed by atoms with Crippen molar-refractivity contribution in [3.63, 3.8) is 0 Å². The van der Waals surface area contributed by atoms with Crippen molar-refractivity contribution in [1.29, 1.82) is 0 Å². The van der Waals surface area contributed by atoms with E-state index in [9.17, 15) is 9.59 Å². The monoisotopic (exact) mass is 601 g/mol. The second-order valence-corrected chi connectivity index (χ2v) is 12.8. The van der Waals surface area contributed by atoms with Crippen molar-refractivity contribution in [2.45, 2.75) is 50.5 Å². The lowest BCUT2D eigenvalue weighted by molar-refractivity contribution is -0.123. The molecule has 2 aliphatic carbocycles. The van der Waals surface area contributed by atoms with Gasteiger partial charge in [-0.2, -0.15) is 0 Å². The number of imidazole rings is 1. The Balaban J connectivity index is 1.08. The molecule has 45 heavy (non-hydrogen) atoms. The summed E-state index contributed by atoms with van der Waals surface area (Å²) in [6.07, 6.45) is 9.23. The lowest BCUT2D eigenvalue weighted by atomic mass is 10.1. The van der Waals surface area contributed by atoms with Gasteiger partial charge in [0.1, 0.15) is 12.4 Å². The fraction of sp³-hybridized carbons (Fsp3) is 0.353. The third-order valence-corrected chi connectivity index (χ3v) is 9.21. The molecule has 0 spiro atoms. The van der Waals surface area contributed by atoms with Crippen LogP contribution in [0.2, 0.25) is 0 Å². The van der Waals surface area contributed by atoms with Crippen LogP contribution in [0.15, 0.2) is 55.0 Å². The highest BCUT2D eigenvalue weighted by Gasteiger charge is 2.43. The summed E-state index contributed by atoms with van der Waals surface area (Å²) >= 11 is 0.